The maximum atomic E-state index is 12.7. The van der Waals surface area contributed by atoms with Crippen LogP contribution in [0.25, 0.3) is 16.8 Å². The molecule has 0 aromatic heterocycles. The highest BCUT2D eigenvalue weighted by Crippen LogP contribution is 2.19. The maximum Gasteiger partial charge on any atom is 0.272 e. The third-order valence-corrected chi connectivity index (χ3v) is 4.05. The fourth-order valence-corrected chi connectivity index (χ4v) is 2.72. The molecule has 4 nitrogen and oxygen atoms in total. The summed E-state index contributed by atoms with van der Waals surface area (Å²) in [6, 6.07) is 21.3. The second-order valence-corrected chi connectivity index (χ2v) is 6.11. The van der Waals surface area contributed by atoms with E-state index >= 15 is 0 Å². The van der Waals surface area contributed by atoms with Crippen molar-refractivity contribution in [2.75, 3.05) is 5.32 Å². The standard InChI is InChI=1S/C22H20N2O2/c1-15-7-3-4-9-18(15)14-21(23-16(2)25)22(26)24-20-12-11-17-8-5-6-10-19(17)13-20/h3-14H,1-2H3,(H,23,25)(H,24,26)/b21-14-. The lowest BCUT2D eigenvalue weighted by Gasteiger charge is -2.11. The molecule has 2 N–H and O–H groups in total. The van der Waals surface area contributed by atoms with E-state index in [9.17, 15) is 9.59 Å². The Morgan fingerprint density at radius 3 is 2.31 bits per heavy atom. The van der Waals surface area contributed by atoms with Crippen molar-refractivity contribution in [1.29, 1.82) is 0 Å². The Bertz CT molecular complexity index is 1010. The normalized spacial score (nSPS) is 11.2. The predicted molar refractivity (Wildman–Crippen MR) is 106 cm³/mol. The molecule has 0 fully saturated rings. The Labute approximate surface area is 152 Å². The van der Waals surface area contributed by atoms with Crippen molar-refractivity contribution in [3.63, 3.8) is 0 Å². The first-order chi connectivity index (χ1) is 12.5. The number of anilines is 1. The van der Waals surface area contributed by atoms with Gasteiger partial charge in [0.05, 0.1) is 0 Å². The van der Waals surface area contributed by atoms with Crippen molar-refractivity contribution in [1.82, 2.24) is 5.32 Å². The topological polar surface area (TPSA) is 58.2 Å². The molecule has 0 heterocycles. The van der Waals surface area contributed by atoms with Crippen LogP contribution in [0.15, 0.2) is 72.4 Å². The number of hydrogen-bond acceptors (Lipinski definition) is 2. The molecule has 0 spiro atoms. The first-order valence-corrected chi connectivity index (χ1v) is 8.38. The molecule has 26 heavy (non-hydrogen) atoms. The minimum absolute atomic E-state index is 0.208. The predicted octanol–water partition coefficient (Wildman–Crippen LogP) is 4.26. The highest BCUT2D eigenvalue weighted by atomic mass is 16.2. The quantitative estimate of drug-likeness (QED) is 0.695. The molecular weight excluding hydrogens is 324 g/mol. The molecular formula is C22H20N2O2. The smallest absolute Gasteiger partial charge is 0.272 e. The summed E-state index contributed by atoms with van der Waals surface area (Å²) in [5, 5.41) is 7.62. The molecule has 0 aliphatic rings. The van der Waals surface area contributed by atoms with Crippen LogP contribution in [0.3, 0.4) is 0 Å². The van der Waals surface area contributed by atoms with Crippen LogP contribution >= 0.6 is 0 Å². The summed E-state index contributed by atoms with van der Waals surface area (Å²) in [6.07, 6.45) is 1.69. The zero-order valence-corrected chi connectivity index (χ0v) is 14.7. The number of nitrogens with one attached hydrogen (secondary N) is 2. The molecule has 2 amide bonds. The molecule has 0 atom stereocenters. The second kappa shape index (κ2) is 7.66. The van der Waals surface area contributed by atoms with Crippen molar-refractivity contribution in [3.8, 4) is 0 Å². The van der Waals surface area contributed by atoms with E-state index in [1.807, 2.05) is 73.7 Å². The fourth-order valence-electron chi connectivity index (χ4n) is 2.72. The van der Waals surface area contributed by atoms with Gasteiger partial charge >= 0.3 is 0 Å². The van der Waals surface area contributed by atoms with Gasteiger partial charge in [-0.05, 0) is 47.0 Å². The van der Waals surface area contributed by atoms with Crippen LogP contribution in [0, 0.1) is 6.92 Å². The van der Waals surface area contributed by atoms with Crippen LogP contribution in [0.2, 0.25) is 0 Å². The number of benzene rings is 3. The summed E-state index contributed by atoms with van der Waals surface area (Å²) in [6.45, 7) is 3.34. The lowest BCUT2D eigenvalue weighted by atomic mass is 10.1. The first kappa shape index (κ1) is 17.4. The molecule has 130 valence electrons. The molecule has 0 saturated carbocycles. The summed E-state index contributed by atoms with van der Waals surface area (Å²) < 4.78 is 0. The highest BCUT2D eigenvalue weighted by molar-refractivity contribution is 6.09. The van der Waals surface area contributed by atoms with E-state index in [1.165, 1.54) is 6.92 Å². The lowest BCUT2D eigenvalue weighted by molar-refractivity contribution is -0.120. The van der Waals surface area contributed by atoms with E-state index in [4.69, 9.17) is 0 Å². The monoisotopic (exact) mass is 344 g/mol. The van der Waals surface area contributed by atoms with E-state index in [2.05, 4.69) is 10.6 Å². The van der Waals surface area contributed by atoms with Gasteiger partial charge in [0, 0.05) is 12.6 Å². The lowest BCUT2D eigenvalue weighted by Crippen LogP contribution is -2.29. The zero-order chi connectivity index (χ0) is 18.5. The van der Waals surface area contributed by atoms with E-state index < -0.39 is 0 Å². The molecule has 0 aliphatic heterocycles. The van der Waals surface area contributed by atoms with E-state index in [0.717, 1.165) is 21.9 Å². The summed E-state index contributed by atoms with van der Waals surface area (Å²) in [5.41, 5.74) is 2.79. The molecule has 0 aliphatic carbocycles. The van der Waals surface area contributed by atoms with Crippen LogP contribution in [0.1, 0.15) is 18.1 Å². The number of rotatable bonds is 4. The van der Waals surface area contributed by atoms with Crippen molar-refractivity contribution >= 4 is 34.4 Å². The van der Waals surface area contributed by atoms with Gasteiger partial charge in [0.2, 0.25) is 5.91 Å². The van der Waals surface area contributed by atoms with Crippen molar-refractivity contribution in [2.45, 2.75) is 13.8 Å². The van der Waals surface area contributed by atoms with Gasteiger partial charge in [-0.15, -0.1) is 0 Å². The van der Waals surface area contributed by atoms with Crippen LogP contribution in [-0.4, -0.2) is 11.8 Å². The van der Waals surface area contributed by atoms with Gasteiger partial charge in [-0.25, -0.2) is 0 Å². The Kier molecular flexibility index (Phi) is 5.13. The molecule has 0 bridgehead atoms. The first-order valence-electron chi connectivity index (χ1n) is 8.38. The summed E-state index contributed by atoms with van der Waals surface area (Å²) in [4.78, 5) is 24.2. The number of fused-ring (bicyclic) bond motifs is 1. The summed E-state index contributed by atoms with van der Waals surface area (Å²) >= 11 is 0. The number of carbonyl (C=O) groups excluding carboxylic acids is 2. The molecule has 0 radical (unpaired) electrons. The van der Waals surface area contributed by atoms with Gasteiger partial charge < -0.3 is 10.6 Å². The molecule has 3 rings (SSSR count). The average molecular weight is 344 g/mol. The highest BCUT2D eigenvalue weighted by Gasteiger charge is 2.12. The van der Waals surface area contributed by atoms with Crippen LogP contribution in [0.5, 0.6) is 0 Å². The Morgan fingerprint density at radius 1 is 0.885 bits per heavy atom. The van der Waals surface area contributed by atoms with Gasteiger partial charge in [-0.2, -0.15) is 0 Å². The Morgan fingerprint density at radius 2 is 1.58 bits per heavy atom. The van der Waals surface area contributed by atoms with Gasteiger partial charge in [-0.3, -0.25) is 9.59 Å². The van der Waals surface area contributed by atoms with E-state index in [1.54, 1.807) is 6.08 Å². The third kappa shape index (κ3) is 4.16. The molecule has 3 aromatic rings. The zero-order valence-electron chi connectivity index (χ0n) is 14.7. The number of aryl methyl sites for hydroxylation is 1. The number of hydrogen-bond donors (Lipinski definition) is 2. The maximum absolute atomic E-state index is 12.7. The molecule has 0 unspecified atom stereocenters. The average Bonchev–Trinajstić information content (AvgIpc) is 2.62. The second-order valence-electron chi connectivity index (χ2n) is 6.11. The van der Waals surface area contributed by atoms with Crippen molar-refractivity contribution in [3.05, 3.63) is 83.6 Å². The van der Waals surface area contributed by atoms with Crippen molar-refractivity contribution < 1.29 is 9.59 Å². The Balaban J connectivity index is 1.89. The van der Waals surface area contributed by atoms with Crippen LogP contribution in [-0.2, 0) is 9.59 Å². The van der Waals surface area contributed by atoms with Gasteiger partial charge in [0.15, 0.2) is 0 Å². The largest absolute Gasteiger partial charge is 0.322 e. The van der Waals surface area contributed by atoms with Crippen molar-refractivity contribution in [2.24, 2.45) is 0 Å². The molecule has 0 saturated heterocycles. The van der Waals surface area contributed by atoms with Gasteiger partial charge in [0.1, 0.15) is 5.70 Å². The minimum atomic E-state index is -0.362. The third-order valence-electron chi connectivity index (χ3n) is 4.05. The number of amides is 2. The van der Waals surface area contributed by atoms with Crippen LogP contribution in [0.4, 0.5) is 5.69 Å². The van der Waals surface area contributed by atoms with E-state index in [-0.39, 0.29) is 17.5 Å². The van der Waals surface area contributed by atoms with E-state index in [0.29, 0.717) is 5.69 Å². The summed E-state index contributed by atoms with van der Waals surface area (Å²) in [5.74, 6) is -0.655. The summed E-state index contributed by atoms with van der Waals surface area (Å²) in [7, 11) is 0. The SMILES string of the molecule is CC(=O)N/C(=C\c1ccccc1C)C(=O)Nc1ccc2ccccc2c1. The fraction of sp³-hybridized carbons (Fsp3) is 0.0909. The molecule has 3 aromatic carbocycles. The van der Waals surface area contributed by atoms with Gasteiger partial charge in [0.25, 0.3) is 5.91 Å². The Hall–Kier alpha value is -3.40. The van der Waals surface area contributed by atoms with Crippen LogP contribution < -0.4 is 10.6 Å². The molecule has 4 heteroatoms. The number of carbonyl (C=O) groups is 2. The van der Waals surface area contributed by atoms with Gasteiger partial charge in [-0.1, -0.05) is 54.6 Å². The minimum Gasteiger partial charge on any atom is -0.322 e.